The van der Waals surface area contributed by atoms with E-state index in [-0.39, 0.29) is 6.10 Å². The average Bonchev–Trinajstić information content (AvgIpc) is 3.12. The van der Waals surface area contributed by atoms with Crippen LogP contribution in [0.15, 0.2) is 41.1 Å². The van der Waals surface area contributed by atoms with Gasteiger partial charge in [-0.25, -0.2) is 0 Å². The molecule has 6 nitrogen and oxygen atoms in total. The van der Waals surface area contributed by atoms with E-state index in [2.05, 4.69) is 27.2 Å². The monoisotopic (exact) mass is 298 g/mol. The lowest BCUT2D eigenvalue weighted by atomic mass is 10.2. The Labute approximate surface area is 128 Å². The van der Waals surface area contributed by atoms with E-state index in [1.165, 1.54) is 0 Å². The molecule has 1 saturated heterocycles. The van der Waals surface area contributed by atoms with Gasteiger partial charge in [0.15, 0.2) is 5.82 Å². The third kappa shape index (κ3) is 2.51. The lowest BCUT2D eigenvalue weighted by Crippen LogP contribution is -2.38. The van der Waals surface area contributed by atoms with Crippen molar-refractivity contribution in [3.8, 4) is 0 Å². The summed E-state index contributed by atoms with van der Waals surface area (Å²) in [5, 5.41) is 9.23. The van der Waals surface area contributed by atoms with Crippen molar-refractivity contribution < 1.29 is 9.15 Å². The van der Waals surface area contributed by atoms with Gasteiger partial charge in [-0.1, -0.05) is 18.2 Å². The Kier molecular flexibility index (Phi) is 3.40. The van der Waals surface area contributed by atoms with Gasteiger partial charge in [0, 0.05) is 25.5 Å². The third-order valence-electron chi connectivity index (χ3n) is 4.04. The molecular weight excluding hydrogens is 280 g/mol. The van der Waals surface area contributed by atoms with Crippen LogP contribution in [0.1, 0.15) is 17.7 Å². The number of benzene rings is 1. The molecule has 0 N–H and O–H groups in total. The van der Waals surface area contributed by atoms with E-state index < -0.39 is 0 Å². The molecule has 3 aromatic rings. The summed E-state index contributed by atoms with van der Waals surface area (Å²) >= 11 is 0. The Hall–Kier alpha value is -2.18. The van der Waals surface area contributed by atoms with Gasteiger partial charge >= 0.3 is 0 Å². The molecule has 22 heavy (non-hydrogen) atoms. The molecule has 0 aliphatic carbocycles. The minimum absolute atomic E-state index is 0.0365. The van der Waals surface area contributed by atoms with Gasteiger partial charge in [0.25, 0.3) is 0 Å². The molecule has 0 spiro atoms. The van der Waals surface area contributed by atoms with Crippen molar-refractivity contribution >= 4 is 11.0 Å². The topological polar surface area (TPSA) is 56.3 Å². The summed E-state index contributed by atoms with van der Waals surface area (Å²) in [6, 6.07) is 10.2. The zero-order valence-corrected chi connectivity index (χ0v) is 12.5. The number of nitrogens with zero attached hydrogens (tertiary/aromatic N) is 4. The van der Waals surface area contributed by atoms with Crippen LogP contribution >= 0.6 is 0 Å². The predicted molar refractivity (Wildman–Crippen MR) is 81.2 cm³/mol. The Morgan fingerprint density at radius 3 is 3.05 bits per heavy atom. The van der Waals surface area contributed by atoms with E-state index in [4.69, 9.17) is 9.15 Å². The maximum absolute atomic E-state index is 5.90. The molecule has 0 saturated carbocycles. The van der Waals surface area contributed by atoms with Gasteiger partial charge in [-0.3, -0.25) is 4.90 Å². The van der Waals surface area contributed by atoms with Crippen molar-refractivity contribution in [2.24, 2.45) is 7.05 Å². The van der Waals surface area contributed by atoms with E-state index >= 15 is 0 Å². The number of aromatic nitrogens is 3. The molecule has 114 valence electrons. The van der Waals surface area contributed by atoms with Crippen LogP contribution in [-0.2, 0) is 18.3 Å². The molecule has 1 aliphatic heterocycles. The highest BCUT2D eigenvalue weighted by atomic mass is 16.5. The predicted octanol–water partition coefficient (Wildman–Crippen LogP) is 2.13. The van der Waals surface area contributed by atoms with Gasteiger partial charge < -0.3 is 13.7 Å². The summed E-state index contributed by atoms with van der Waals surface area (Å²) in [5.41, 5.74) is 0.940. The van der Waals surface area contributed by atoms with Crippen LogP contribution in [0.25, 0.3) is 11.0 Å². The maximum atomic E-state index is 5.90. The van der Waals surface area contributed by atoms with Gasteiger partial charge in [0.05, 0.1) is 13.2 Å². The van der Waals surface area contributed by atoms with Gasteiger partial charge in [0.1, 0.15) is 23.8 Å². The quantitative estimate of drug-likeness (QED) is 0.741. The van der Waals surface area contributed by atoms with E-state index in [1.807, 2.05) is 29.8 Å². The second-order valence-electron chi connectivity index (χ2n) is 5.65. The molecule has 0 unspecified atom stereocenters. The number of hydrogen-bond acceptors (Lipinski definition) is 5. The number of ether oxygens (including phenoxy) is 1. The fourth-order valence-corrected chi connectivity index (χ4v) is 2.92. The van der Waals surface area contributed by atoms with Gasteiger partial charge in [0.2, 0.25) is 0 Å². The standard InChI is InChI=1S/C16H18N4O2/c1-19-11-17-18-16(19)15-10-20(6-7-21-15)9-13-8-12-4-2-3-5-14(12)22-13/h2-5,8,11,15H,6-7,9-10H2,1H3/t15-/m1/s1. The molecule has 4 rings (SSSR count). The minimum Gasteiger partial charge on any atom is -0.460 e. The zero-order valence-electron chi connectivity index (χ0n) is 12.5. The van der Waals surface area contributed by atoms with E-state index in [0.717, 1.165) is 42.2 Å². The Morgan fingerprint density at radius 2 is 2.23 bits per heavy atom. The number of hydrogen-bond donors (Lipinski definition) is 0. The van der Waals surface area contributed by atoms with Crippen molar-refractivity contribution in [3.05, 3.63) is 48.2 Å². The molecule has 1 fully saturated rings. The molecule has 1 atom stereocenters. The highest BCUT2D eigenvalue weighted by molar-refractivity contribution is 5.77. The lowest BCUT2D eigenvalue weighted by molar-refractivity contribution is -0.0401. The smallest absolute Gasteiger partial charge is 0.163 e. The molecule has 1 aliphatic rings. The molecule has 2 aromatic heterocycles. The fourth-order valence-electron chi connectivity index (χ4n) is 2.92. The van der Waals surface area contributed by atoms with Crippen LogP contribution < -0.4 is 0 Å². The summed E-state index contributed by atoms with van der Waals surface area (Å²) in [6.07, 6.45) is 1.67. The number of aryl methyl sites for hydroxylation is 1. The van der Waals surface area contributed by atoms with Gasteiger partial charge in [-0.15, -0.1) is 10.2 Å². The Morgan fingerprint density at radius 1 is 1.32 bits per heavy atom. The fraction of sp³-hybridized carbons (Fsp3) is 0.375. The average molecular weight is 298 g/mol. The van der Waals surface area contributed by atoms with Crippen molar-refractivity contribution in [3.63, 3.8) is 0 Å². The summed E-state index contributed by atoms with van der Waals surface area (Å²) < 4.78 is 13.7. The molecule has 1 aromatic carbocycles. The molecular formula is C16H18N4O2. The van der Waals surface area contributed by atoms with E-state index in [1.54, 1.807) is 6.33 Å². The number of para-hydroxylation sites is 1. The largest absolute Gasteiger partial charge is 0.460 e. The first-order valence-corrected chi connectivity index (χ1v) is 7.45. The Bertz CT molecular complexity index is 746. The second-order valence-corrected chi connectivity index (χ2v) is 5.65. The second kappa shape index (κ2) is 5.55. The van der Waals surface area contributed by atoms with Crippen LogP contribution in [0.2, 0.25) is 0 Å². The molecule has 0 bridgehead atoms. The summed E-state index contributed by atoms with van der Waals surface area (Å²) in [5.74, 6) is 1.86. The normalized spacial score (nSPS) is 19.8. The van der Waals surface area contributed by atoms with Crippen LogP contribution in [0, 0.1) is 0 Å². The first kappa shape index (κ1) is 13.5. The summed E-state index contributed by atoms with van der Waals surface area (Å²) in [4.78, 5) is 2.33. The van der Waals surface area contributed by atoms with E-state index in [9.17, 15) is 0 Å². The SMILES string of the molecule is Cn1cnnc1[C@H]1CN(Cc2cc3ccccc3o2)CCO1. The van der Waals surface area contributed by atoms with Crippen molar-refractivity contribution in [1.29, 1.82) is 0 Å². The minimum atomic E-state index is -0.0365. The van der Waals surface area contributed by atoms with E-state index in [0.29, 0.717) is 6.61 Å². The van der Waals surface area contributed by atoms with Crippen molar-refractivity contribution in [1.82, 2.24) is 19.7 Å². The number of rotatable bonds is 3. The van der Waals surface area contributed by atoms with Gasteiger partial charge in [-0.2, -0.15) is 0 Å². The molecule has 0 amide bonds. The lowest BCUT2D eigenvalue weighted by Gasteiger charge is -2.31. The van der Waals surface area contributed by atoms with Crippen molar-refractivity contribution in [2.75, 3.05) is 19.7 Å². The molecule has 0 radical (unpaired) electrons. The first-order chi connectivity index (χ1) is 10.8. The number of fused-ring (bicyclic) bond motifs is 1. The highest BCUT2D eigenvalue weighted by Gasteiger charge is 2.26. The first-order valence-electron chi connectivity index (χ1n) is 7.45. The highest BCUT2D eigenvalue weighted by Crippen LogP contribution is 2.24. The maximum Gasteiger partial charge on any atom is 0.163 e. The number of furan rings is 1. The van der Waals surface area contributed by atoms with Crippen molar-refractivity contribution in [2.45, 2.75) is 12.6 Å². The third-order valence-corrected chi connectivity index (χ3v) is 4.04. The van der Waals surface area contributed by atoms with Crippen LogP contribution in [-0.4, -0.2) is 39.4 Å². The number of morpholine rings is 1. The summed E-state index contributed by atoms with van der Waals surface area (Å²) in [6.45, 7) is 3.17. The van der Waals surface area contributed by atoms with Crippen LogP contribution in [0.4, 0.5) is 0 Å². The molecule has 3 heterocycles. The zero-order chi connectivity index (χ0) is 14.9. The Balaban J connectivity index is 1.49. The van der Waals surface area contributed by atoms with Gasteiger partial charge in [-0.05, 0) is 12.1 Å². The van der Waals surface area contributed by atoms with Crippen LogP contribution in [0.5, 0.6) is 0 Å². The molecule has 6 heteroatoms. The summed E-state index contributed by atoms with van der Waals surface area (Å²) in [7, 11) is 1.94. The van der Waals surface area contributed by atoms with Crippen LogP contribution in [0.3, 0.4) is 0 Å².